The summed E-state index contributed by atoms with van der Waals surface area (Å²) < 4.78 is 4.39. The Balaban J connectivity index is 1.09. The predicted octanol–water partition coefficient (Wildman–Crippen LogP) is 11.2. The number of aromatic nitrogens is 7. The van der Waals surface area contributed by atoms with E-state index >= 15 is 0 Å². The third-order valence-electron chi connectivity index (χ3n) is 14.0. The van der Waals surface area contributed by atoms with Gasteiger partial charge in [0.2, 0.25) is 11.9 Å². The lowest BCUT2D eigenvalue weighted by atomic mass is 10.0. The van der Waals surface area contributed by atoms with Crippen molar-refractivity contribution in [2.45, 2.75) is 0 Å². The van der Waals surface area contributed by atoms with Crippen molar-refractivity contribution in [3.8, 4) is 56.7 Å². The molecule has 0 saturated carbocycles. The molecule has 7 nitrogen and oxygen atoms in total. The molecule has 5 aromatic heterocycles. The fourth-order valence-corrected chi connectivity index (χ4v) is 16.8. The molecule has 0 amide bonds. The average Bonchev–Trinajstić information content (AvgIpc) is 4.06. The highest BCUT2D eigenvalue weighted by atomic mass is 28.3. The van der Waals surface area contributed by atoms with Gasteiger partial charge in [0.05, 0.1) is 22.1 Å². The van der Waals surface area contributed by atoms with Crippen LogP contribution in [-0.2, 0) is 0 Å². The molecule has 8 heteroatoms. The van der Waals surface area contributed by atoms with Crippen molar-refractivity contribution in [2.24, 2.45) is 0 Å². The van der Waals surface area contributed by atoms with E-state index in [2.05, 4.69) is 246 Å². The molecule has 1 aliphatic heterocycles. The van der Waals surface area contributed by atoms with Crippen molar-refractivity contribution in [3.63, 3.8) is 0 Å². The molecule has 14 rings (SSSR count). The van der Waals surface area contributed by atoms with Gasteiger partial charge in [-0.1, -0.05) is 188 Å². The Labute approximate surface area is 398 Å². The first-order valence-corrected chi connectivity index (χ1v) is 25.2. The average molecular weight is 898 g/mol. The van der Waals surface area contributed by atoms with E-state index in [-0.39, 0.29) is 0 Å². The van der Waals surface area contributed by atoms with Gasteiger partial charge in [-0.05, 0) is 56.1 Å². The topological polar surface area (TPSA) is 74.3 Å². The smallest absolute Gasteiger partial charge is 0.240 e. The Bertz CT molecular complexity index is 3820. The van der Waals surface area contributed by atoms with Crippen LogP contribution in [0, 0.1) is 0 Å². The number of fused-ring (bicyclic) bond motifs is 9. The molecule has 0 spiro atoms. The van der Waals surface area contributed by atoms with Gasteiger partial charge in [0.15, 0.2) is 13.9 Å². The van der Waals surface area contributed by atoms with Gasteiger partial charge in [-0.3, -0.25) is 19.1 Å². The lowest BCUT2D eigenvalue weighted by Gasteiger charge is -2.34. The summed E-state index contributed by atoms with van der Waals surface area (Å²) in [4.78, 5) is 26.4. The van der Waals surface area contributed by atoms with E-state index in [4.69, 9.17) is 24.9 Å². The Hall–Kier alpha value is -9.11. The maximum Gasteiger partial charge on any atom is 0.240 e. The summed E-state index contributed by atoms with van der Waals surface area (Å²) in [7, 11) is -3.28. The summed E-state index contributed by atoms with van der Waals surface area (Å²) in [5.74, 6) is 1.66. The molecule has 0 unspecified atom stereocenters. The zero-order valence-corrected chi connectivity index (χ0v) is 38.1. The molecule has 13 aromatic rings. The highest BCUT2D eigenvalue weighted by molar-refractivity contribution is 7.23. The Kier molecular flexibility index (Phi) is 8.77. The van der Waals surface area contributed by atoms with Gasteiger partial charge in [-0.15, -0.1) is 0 Å². The van der Waals surface area contributed by atoms with Gasteiger partial charge in [-0.25, -0.2) is 0 Å². The Morgan fingerprint density at radius 1 is 0.304 bits per heavy atom. The summed E-state index contributed by atoms with van der Waals surface area (Å²) in [6, 6.07) is 75.6. The normalized spacial score (nSPS) is 12.8. The SMILES string of the molecule is c1ccc(-c2cncc3c2[Si](c2ccccc2)(c2cccc(-c4nc(-n5c6ccccc6c6ccccc65)nc(-n5c6ccccc6c6ccccc65)n4)c2)c2c(-c4ccccc4)cncc2-3)cc1. The maximum absolute atomic E-state index is 5.52. The lowest BCUT2D eigenvalue weighted by molar-refractivity contribution is 0.893. The second kappa shape index (κ2) is 15.5. The van der Waals surface area contributed by atoms with Crippen LogP contribution in [0.1, 0.15) is 0 Å². The fraction of sp³-hybridized carbons (Fsp3) is 0. The van der Waals surface area contributed by atoms with E-state index in [9.17, 15) is 0 Å². The van der Waals surface area contributed by atoms with Crippen LogP contribution in [-0.4, -0.2) is 42.1 Å². The molecule has 8 aromatic carbocycles. The molecule has 0 aliphatic carbocycles. The van der Waals surface area contributed by atoms with Crippen LogP contribution in [0.25, 0.3) is 100 Å². The van der Waals surface area contributed by atoms with Crippen LogP contribution >= 0.6 is 0 Å². The summed E-state index contributed by atoms with van der Waals surface area (Å²) in [5, 5.41) is 9.60. The summed E-state index contributed by atoms with van der Waals surface area (Å²) >= 11 is 0. The van der Waals surface area contributed by atoms with E-state index in [0.717, 1.165) is 82.6 Å². The first kappa shape index (κ1) is 39.1. The molecule has 1 aliphatic rings. The first-order chi connectivity index (χ1) is 34.3. The fourth-order valence-electron chi connectivity index (χ4n) is 11.2. The molecule has 0 N–H and O–H groups in total. The minimum atomic E-state index is -3.28. The number of rotatable bonds is 7. The van der Waals surface area contributed by atoms with Crippen molar-refractivity contribution in [2.75, 3.05) is 0 Å². The highest BCUT2D eigenvalue weighted by Gasteiger charge is 2.52. The number of nitrogens with zero attached hydrogens (tertiary/aromatic N) is 7. The highest BCUT2D eigenvalue weighted by Crippen LogP contribution is 2.38. The first-order valence-electron chi connectivity index (χ1n) is 23.2. The van der Waals surface area contributed by atoms with Crippen molar-refractivity contribution in [1.29, 1.82) is 0 Å². The van der Waals surface area contributed by atoms with E-state index in [1.165, 1.54) is 20.7 Å². The van der Waals surface area contributed by atoms with Crippen LogP contribution < -0.4 is 20.7 Å². The van der Waals surface area contributed by atoms with Crippen molar-refractivity contribution in [1.82, 2.24) is 34.1 Å². The van der Waals surface area contributed by atoms with Crippen molar-refractivity contribution >= 4 is 72.4 Å². The summed E-state index contributed by atoms with van der Waals surface area (Å²) in [6.07, 6.45) is 8.24. The van der Waals surface area contributed by atoms with E-state index in [0.29, 0.717) is 17.7 Å². The molecule has 6 heterocycles. The zero-order chi connectivity index (χ0) is 45.5. The molecule has 0 atom stereocenters. The number of pyridine rings is 2. The predicted molar refractivity (Wildman–Crippen MR) is 283 cm³/mol. The molecule has 0 saturated heterocycles. The van der Waals surface area contributed by atoms with Crippen LogP contribution in [0.5, 0.6) is 0 Å². The minimum Gasteiger partial charge on any atom is -0.278 e. The minimum absolute atomic E-state index is 0.543. The van der Waals surface area contributed by atoms with Crippen LogP contribution in [0.15, 0.2) is 237 Å². The summed E-state index contributed by atoms with van der Waals surface area (Å²) in [6.45, 7) is 0. The Morgan fingerprint density at radius 2 is 0.667 bits per heavy atom. The van der Waals surface area contributed by atoms with E-state index < -0.39 is 8.07 Å². The third-order valence-corrected chi connectivity index (χ3v) is 19.0. The van der Waals surface area contributed by atoms with Gasteiger partial charge >= 0.3 is 0 Å². The molecule has 0 radical (unpaired) electrons. The van der Waals surface area contributed by atoms with Gasteiger partial charge in [-0.2, -0.15) is 15.0 Å². The molecule has 322 valence electrons. The quantitative estimate of drug-likeness (QED) is 0.149. The molecular formula is C61H39N7Si. The second-order valence-corrected chi connectivity index (χ2v) is 21.3. The maximum atomic E-state index is 5.52. The van der Waals surface area contributed by atoms with Crippen LogP contribution in [0.3, 0.4) is 0 Å². The lowest BCUT2D eigenvalue weighted by Crippen LogP contribution is -2.73. The molecule has 0 fully saturated rings. The zero-order valence-electron chi connectivity index (χ0n) is 37.1. The standard InChI is InChI=1S/C61H39N7Si/c1-4-19-40(20-5-1)49-36-62-38-51-52-39-63-37-50(41-21-6-2-7-22-41)58(52)69(57(49)51,43-24-8-3-9-25-43)44-26-18-23-42(35-44)59-64-60(67-53-31-14-10-27-45(53)46-28-11-15-32-54(46)67)66-61(65-59)68-55-33-16-12-29-47(55)48-30-13-17-34-56(48)68/h1-39H. The van der Waals surface area contributed by atoms with Crippen molar-refractivity contribution in [3.05, 3.63) is 237 Å². The largest absolute Gasteiger partial charge is 0.278 e. The molecular weight excluding hydrogens is 859 g/mol. The number of hydrogen-bond donors (Lipinski definition) is 0. The van der Waals surface area contributed by atoms with Gasteiger partial charge in [0.25, 0.3) is 0 Å². The van der Waals surface area contributed by atoms with Gasteiger partial charge in [0.1, 0.15) is 0 Å². The third kappa shape index (κ3) is 5.82. The summed E-state index contributed by atoms with van der Waals surface area (Å²) in [5.41, 5.74) is 11.7. The number of benzene rings is 8. The number of para-hydroxylation sites is 4. The Morgan fingerprint density at radius 3 is 1.12 bits per heavy atom. The monoisotopic (exact) mass is 897 g/mol. The number of hydrogen-bond acceptors (Lipinski definition) is 5. The second-order valence-electron chi connectivity index (χ2n) is 17.6. The van der Waals surface area contributed by atoms with Gasteiger partial charge < -0.3 is 0 Å². The van der Waals surface area contributed by atoms with Crippen LogP contribution in [0.2, 0.25) is 0 Å². The van der Waals surface area contributed by atoms with Crippen LogP contribution in [0.4, 0.5) is 0 Å². The molecule has 69 heavy (non-hydrogen) atoms. The molecule has 0 bridgehead atoms. The van der Waals surface area contributed by atoms with E-state index in [1.807, 2.05) is 0 Å². The van der Waals surface area contributed by atoms with Crippen molar-refractivity contribution < 1.29 is 0 Å². The van der Waals surface area contributed by atoms with E-state index in [1.54, 1.807) is 0 Å². The van der Waals surface area contributed by atoms with Gasteiger partial charge in [0, 0.05) is 74.1 Å².